The first kappa shape index (κ1) is 13.3. The number of hydrogen-bond donors (Lipinski definition) is 1. The van der Waals surface area contributed by atoms with Crippen LogP contribution in [0.15, 0.2) is 0 Å². The molecule has 0 spiro atoms. The zero-order valence-corrected chi connectivity index (χ0v) is 11.1. The van der Waals surface area contributed by atoms with E-state index in [2.05, 4.69) is 18.1 Å². The van der Waals surface area contributed by atoms with Crippen molar-refractivity contribution in [1.82, 2.24) is 4.90 Å². The highest BCUT2D eigenvalue weighted by molar-refractivity contribution is 7.98. The lowest BCUT2D eigenvalue weighted by Gasteiger charge is -2.35. The molecule has 0 aliphatic carbocycles. The van der Waals surface area contributed by atoms with E-state index in [1.807, 2.05) is 11.8 Å². The number of likely N-dealkylation sites (tertiary alicyclic amines) is 1. The van der Waals surface area contributed by atoms with E-state index in [0.717, 1.165) is 0 Å². The van der Waals surface area contributed by atoms with Crippen LogP contribution < -0.4 is 5.73 Å². The average Bonchev–Trinajstić information content (AvgIpc) is 2.23. The topological polar surface area (TPSA) is 29.3 Å². The van der Waals surface area contributed by atoms with Gasteiger partial charge in [0, 0.05) is 12.6 Å². The third kappa shape index (κ3) is 5.23. The summed E-state index contributed by atoms with van der Waals surface area (Å²) >= 11 is 1.96. The highest BCUT2D eigenvalue weighted by Crippen LogP contribution is 2.15. The van der Waals surface area contributed by atoms with Crippen LogP contribution in [0, 0.1) is 5.92 Å². The Hall–Kier alpha value is 0.270. The molecule has 1 aliphatic heterocycles. The maximum Gasteiger partial charge on any atom is 0.00889 e. The van der Waals surface area contributed by atoms with Gasteiger partial charge in [0.15, 0.2) is 0 Å². The van der Waals surface area contributed by atoms with Crippen molar-refractivity contribution in [2.45, 2.75) is 38.6 Å². The van der Waals surface area contributed by atoms with Crippen LogP contribution in [0.3, 0.4) is 0 Å². The monoisotopic (exact) mass is 230 g/mol. The molecule has 0 aromatic heterocycles. The molecule has 2 atom stereocenters. The molecule has 1 rings (SSSR count). The second-order valence-electron chi connectivity index (χ2n) is 4.78. The Labute approximate surface area is 99.0 Å². The summed E-state index contributed by atoms with van der Waals surface area (Å²) < 4.78 is 0. The summed E-state index contributed by atoms with van der Waals surface area (Å²) in [6.45, 7) is 5.99. The molecule has 3 heteroatoms. The summed E-state index contributed by atoms with van der Waals surface area (Å²) in [5.74, 6) is 2.01. The summed E-state index contributed by atoms with van der Waals surface area (Å²) in [6, 6.07) is 0.442. The molecule has 1 saturated heterocycles. The quantitative estimate of drug-likeness (QED) is 0.709. The maximum absolute atomic E-state index is 6.01. The lowest BCUT2D eigenvalue weighted by molar-refractivity contribution is 0.162. The zero-order chi connectivity index (χ0) is 11.1. The Morgan fingerprint density at radius 3 is 2.80 bits per heavy atom. The van der Waals surface area contributed by atoms with Crippen molar-refractivity contribution < 1.29 is 0 Å². The van der Waals surface area contributed by atoms with Gasteiger partial charge in [0.05, 0.1) is 0 Å². The van der Waals surface area contributed by atoms with Gasteiger partial charge in [0.2, 0.25) is 0 Å². The molecule has 90 valence electrons. The fourth-order valence-electron chi connectivity index (χ4n) is 2.21. The average molecular weight is 230 g/mol. The van der Waals surface area contributed by atoms with Crippen LogP contribution in [0.5, 0.6) is 0 Å². The number of nitrogens with two attached hydrogens (primary N) is 1. The summed E-state index contributed by atoms with van der Waals surface area (Å²) in [5, 5.41) is 0. The van der Waals surface area contributed by atoms with E-state index in [0.29, 0.717) is 12.0 Å². The first-order valence-corrected chi connectivity index (χ1v) is 7.60. The van der Waals surface area contributed by atoms with E-state index in [1.54, 1.807) is 0 Å². The van der Waals surface area contributed by atoms with Crippen molar-refractivity contribution in [1.29, 1.82) is 0 Å². The summed E-state index contributed by atoms with van der Waals surface area (Å²) in [6.07, 6.45) is 7.50. The number of unbranched alkanes of at least 4 members (excludes halogenated alkanes) is 2. The number of thioether (sulfide) groups is 1. The smallest absolute Gasteiger partial charge is 0.00889 e. The molecular weight excluding hydrogens is 204 g/mol. The van der Waals surface area contributed by atoms with Gasteiger partial charge in [-0.25, -0.2) is 0 Å². The van der Waals surface area contributed by atoms with E-state index in [4.69, 9.17) is 5.73 Å². The fraction of sp³-hybridized carbons (Fsp3) is 1.00. The highest BCUT2D eigenvalue weighted by Gasteiger charge is 2.22. The molecule has 15 heavy (non-hydrogen) atoms. The standard InChI is InChI=1S/C12H26N2S/c1-11-10-14(8-6-12(11)13)7-4-3-5-9-15-2/h11-12H,3-10,13H2,1-2H3. The van der Waals surface area contributed by atoms with Gasteiger partial charge in [-0.1, -0.05) is 13.3 Å². The van der Waals surface area contributed by atoms with E-state index >= 15 is 0 Å². The van der Waals surface area contributed by atoms with Gasteiger partial charge in [-0.15, -0.1) is 0 Å². The van der Waals surface area contributed by atoms with Crippen molar-refractivity contribution in [2.24, 2.45) is 11.7 Å². The van der Waals surface area contributed by atoms with E-state index in [-0.39, 0.29) is 0 Å². The second kappa shape index (κ2) is 7.53. The Morgan fingerprint density at radius 2 is 2.13 bits per heavy atom. The van der Waals surface area contributed by atoms with Crippen LogP contribution >= 0.6 is 11.8 Å². The molecule has 1 fully saturated rings. The van der Waals surface area contributed by atoms with Crippen molar-refractivity contribution >= 4 is 11.8 Å². The maximum atomic E-state index is 6.01. The molecule has 2 unspecified atom stereocenters. The molecule has 0 bridgehead atoms. The normalized spacial score (nSPS) is 28.2. The minimum Gasteiger partial charge on any atom is -0.327 e. The van der Waals surface area contributed by atoms with Crippen molar-refractivity contribution in [3.63, 3.8) is 0 Å². The van der Waals surface area contributed by atoms with Gasteiger partial charge < -0.3 is 10.6 Å². The minimum absolute atomic E-state index is 0.442. The van der Waals surface area contributed by atoms with Crippen LogP contribution in [-0.4, -0.2) is 42.6 Å². The molecule has 0 aromatic rings. The van der Waals surface area contributed by atoms with Crippen molar-refractivity contribution in [2.75, 3.05) is 31.6 Å². The van der Waals surface area contributed by atoms with E-state index < -0.39 is 0 Å². The molecule has 2 nitrogen and oxygen atoms in total. The van der Waals surface area contributed by atoms with E-state index in [9.17, 15) is 0 Å². The SMILES string of the molecule is CSCCCCCN1CCC(N)C(C)C1. The zero-order valence-electron chi connectivity index (χ0n) is 10.2. The van der Waals surface area contributed by atoms with Gasteiger partial charge in [-0.3, -0.25) is 0 Å². The van der Waals surface area contributed by atoms with Crippen molar-refractivity contribution in [3.05, 3.63) is 0 Å². The summed E-state index contributed by atoms with van der Waals surface area (Å²) in [5.41, 5.74) is 6.01. The second-order valence-corrected chi connectivity index (χ2v) is 5.77. The lowest BCUT2D eigenvalue weighted by atomic mass is 9.95. The van der Waals surface area contributed by atoms with Gasteiger partial charge in [0.1, 0.15) is 0 Å². The lowest BCUT2D eigenvalue weighted by Crippen LogP contribution is -2.46. The fourth-order valence-corrected chi connectivity index (χ4v) is 2.70. The van der Waals surface area contributed by atoms with Crippen LogP contribution in [-0.2, 0) is 0 Å². The number of hydrogen-bond acceptors (Lipinski definition) is 3. The van der Waals surface area contributed by atoms with Crippen LogP contribution in [0.1, 0.15) is 32.6 Å². The predicted molar refractivity (Wildman–Crippen MR) is 70.4 cm³/mol. The molecule has 2 N–H and O–H groups in total. The molecule has 0 saturated carbocycles. The molecule has 1 aliphatic rings. The predicted octanol–water partition coefficient (Wildman–Crippen LogP) is 2.19. The first-order valence-electron chi connectivity index (χ1n) is 6.21. The molecule has 0 aromatic carbocycles. The number of nitrogens with zero attached hydrogens (tertiary/aromatic N) is 1. The third-order valence-electron chi connectivity index (χ3n) is 3.38. The largest absolute Gasteiger partial charge is 0.327 e. The van der Waals surface area contributed by atoms with Gasteiger partial charge in [-0.2, -0.15) is 11.8 Å². The van der Waals surface area contributed by atoms with Crippen LogP contribution in [0.2, 0.25) is 0 Å². The van der Waals surface area contributed by atoms with Crippen LogP contribution in [0.4, 0.5) is 0 Å². The molecule has 1 heterocycles. The Bertz CT molecular complexity index is 164. The Morgan fingerprint density at radius 1 is 1.33 bits per heavy atom. The third-order valence-corrected chi connectivity index (χ3v) is 4.08. The summed E-state index contributed by atoms with van der Waals surface area (Å²) in [4.78, 5) is 2.59. The minimum atomic E-state index is 0.442. The number of piperidine rings is 1. The van der Waals surface area contributed by atoms with Gasteiger partial charge in [-0.05, 0) is 50.3 Å². The summed E-state index contributed by atoms with van der Waals surface area (Å²) in [7, 11) is 0. The van der Waals surface area contributed by atoms with E-state index in [1.165, 1.54) is 51.1 Å². The van der Waals surface area contributed by atoms with Crippen LogP contribution in [0.25, 0.3) is 0 Å². The molecule has 0 radical (unpaired) electrons. The van der Waals surface area contributed by atoms with Gasteiger partial charge >= 0.3 is 0 Å². The highest BCUT2D eigenvalue weighted by atomic mass is 32.2. The Balaban J connectivity index is 2.02. The van der Waals surface area contributed by atoms with Crippen molar-refractivity contribution in [3.8, 4) is 0 Å². The Kier molecular flexibility index (Phi) is 6.69. The first-order chi connectivity index (χ1) is 7.24. The molecule has 0 amide bonds. The molecular formula is C12H26N2S. The van der Waals surface area contributed by atoms with Gasteiger partial charge in [0.25, 0.3) is 0 Å². The number of rotatable bonds is 6.